The smallest absolute Gasteiger partial charge is 0.407 e. The van der Waals surface area contributed by atoms with Crippen LogP contribution < -0.4 is 5.32 Å². The first-order valence-corrected chi connectivity index (χ1v) is 8.31. The number of nitrogens with one attached hydrogen (secondary N) is 1. The Morgan fingerprint density at radius 2 is 1.62 bits per heavy atom. The predicted octanol–water partition coefficient (Wildman–Crippen LogP) is 3.13. The van der Waals surface area contributed by atoms with Crippen LogP contribution in [-0.4, -0.2) is 42.0 Å². The fourth-order valence-electron chi connectivity index (χ4n) is 0.855. The number of ether oxygens (including phenoxy) is 2. The molecular weight excluding hydrogens is 310 g/mol. The largest absolute Gasteiger partial charge is 0.456 e. The van der Waals surface area contributed by atoms with E-state index in [1.54, 1.807) is 27.7 Å². The van der Waals surface area contributed by atoms with Gasteiger partial charge < -0.3 is 19.9 Å². The molecule has 0 bridgehead atoms. The van der Waals surface area contributed by atoms with Crippen molar-refractivity contribution >= 4 is 12.1 Å². The lowest BCUT2D eigenvalue weighted by Crippen LogP contribution is -2.36. The number of amides is 1. The number of carbonyl (C=O) groups is 2. The maximum atomic E-state index is 11.2. The third-order valence-electron chi connectivity index (χ3n) is 1.45. The maximum absolute atomic E-state index is 11.2. The number of alkyl carbamates (subject to hydrolysis) is 1. The number of hydrogen-bond acceptors (Lipinski definition) is 5. The second-order valence-corrected chi connectivity index (χ2v) is 6.12. The highest BCUT2D eigenvalue weighted by Gasteiger charge is 2.16. The van der Waals surface area contributed by atoms with E-state index in [0.29, 0.717) is 0 Å². The Morgan fingerprint density at radius 3 is 2.00 bits per heavy atom. The van der Waals surface area contributed by atoms with Gasteiger partial charge in [0.2, 0.25) is 0 Å². The molecule has 0 heterocycles. The van der Waals surface area contributed by atoms with E-state index in [4.69, 9.17) is 4.74 Å². The quantitative estimate of drug-likeness (QED) is 0.466. The average Bonchev–Trinajstić information content (AvgIpc) is 2.43. The van der Waals surface area contributed by atoms with Gasteiger partial charge in [0.15, 0.2) is 0 Å². The molecule has 0 aliphatic carbocycles. The van der Waals surface area contributed by atoms with Crippen LogP contribution in [0.4, 0.5) is 4.79 Å². The number of aliphatic hydroxyl groups is 1. The molecule has 2 N–H and O–H groups in total. The minimum Gasteiger partial charge on any atom is -0.456 e. The third-order valence-corrected chi connectivity index (χ3v) is 1.45. The lowest BCUT2D eigenvalue weighted by molar-refractivity contribution is -0.136. The van der Waals surface area contributed by atoms with Gasteiger partial charge in [0.1, 0.15) is 11.7 Å². The Morgan fingerprint density at radius 1 is 1.17 bits per heavy atom. The molecule has 24 heavy (non-hydrogen) atoms. The zero-order valence-electron chi connectivity index (χ0n) is 16.6. The molecule has 6 nitrogen and oxygen atoms in total. The summed E-state index contributed by atoms with van der Waals surface area (Å²) in [5.74, 6) is 4.47. The van der Waals surface area contributed by atoms with Crippen molar-refractivity contribution in [3.05, 3.63) is 0 Å². The van der Waals surface area contributed by atoms with Gasteiger partial charge in [0.05, 0.1) is 13.2 Å². The summed E-state index contributed by atoms with van der Waals surface area (Å²) in [4.78, 5) is 22.1. The van der Waals surface area contributed by atoms with Crippen LogP contribution >= 0.6 is 0 Å². The second-order valence-electron chi connectivity index (χ2n) is 6.12. The Bertz CT molecular complexity index is 386. The van der Waals surface area contributed by atoms with Gasteiger partial charge in [-0.15, -0.1) is 0 Å². The van der Waals surface area contributed by atoms with E-state index in [2.05, 4.69) is 42.7 Å². The second kappa shape index (κ2) is 16.1. The van der Waals surface area contributed by atoms with Crippen molar-refractivity contribution in [2.24, 2.45) is 5.92 Å². The van der Waals surface area contributed by atoms with Crippen LogP contribution in [-0.2, 0) is 14.3 Å². The fourth-order valence-corrected chi connectivity index (χ4v) is 0.855. The van der Waals surface area contributed by atoms with E-state index in [9.17, 15) is 14.7 Å². The fraction of sp³-hybridized carbons (Fsp3) is 0.778. The molecule has 0 aliphatic heterocycles. The third kappa shape index (κ3) is 28.4. The molecule has 1 unspecified atom stereocenters. The molecule has 0 spiro atoms. The normalized spacial score (nSPS) is 10.6. The Hall–Kier alpha value is -1.74. The molecule has 0 aromatic rings. The van der Waals surface area contributed by atoms with E-state index in [-0.39, 0.29) is 13.2 Å². The number of esters is 1. The van der Waals surface area contributed by atoms with Crippen LogP contribution in [0.15, 0.2) is 0 Å². The Kier molecular flexibility index (Phi) is 18.2. The number of rotatable bonds is 3. The zero-order chi connectivity index (χ0) is 19.8. The highest BCUT2D eigenvalue weighted by atomic mass is 16.6. The monoisotopic (exact) mass is 345 g/mol. The van der Waals surface area contributed by atoms with E-state index in [0.717, 1.165) is 5.92 Å². The molecular formula is C18H35NO5. The van der Waals surface area contributed by atoms with Gasteiger partial charge in [-0.25, -0.2) is 9.59 Å². The van der Waals surface area contributed by atoms with Crippen molar-refractivity contribution in [1.29, 1.82) is 0 Å². The van der Waals surface area contributed by atoms with Gasteiger partial charge in [0.25, 0.3) is 0 Å². The number of carbonyl (C=O) groups excluding carboxylic acids is 2. The maximum Gasteiger partial charge on any atom is 0.407 e. The van der Waals surface area contributed by atoms with Crippen LogP contribution in [0.1, 0.15) is 62.3 Å². The molecule has 0 fully saturated rings. The number of aliphatic hydroxyl groups excluding tert-OH is 1. The van der Waals surface area contributed by atoms with Crippen LogP contribution in [0.25, 0.3) is 0 Å². The van der Waals surface area contributed by atoms with Crippen LogP contribution in [0, 0.1) is 17.8 Å². The van der Waals surface area contributed by atoms with Crippen molar-refractivity contribution in [1.82, 2.24) is 5.32 Å². The van der Waals surface area contributed by atoms with Gasteiger partial charge in [-0.1, -0.05) is 40.5 Å². The lowest BCUT2D eigenvalue weighted by atomic mass is 10.2. The van der Waals surface area contributed by atoms with Crippen molar-refractivity contribution in [3.8, 4) is 11.8 Å². The van der Waals surface area contributed by atoms with Crippen LogP contribution in [0.2, 0.25) is 0 Å². The van der Waals surface area contributed by atoms with Crippen LogP contribution in [0.3, 0.4) is 0 Å². The predicted molar refractivity (Wildman–Crippen MR) is 96.5 cm³/mol. The number of hydrogen-bond donors (Lipinski definition) is 2. The molecule has 0 rings (SSSR count). The summed E-state index contributed by atoms with van der Waals surface area (Å²) in [7, 11) is 0. The molecule has 0 aromatic heterocycles. The lowest BCUT2D eigenvalue weighted by Gasteiger charge is -2.19. The molecule has 1 amide bonds. The van der Waals surface area contributed by atoms with E-state index in [1.165, 1.54) is 0 Å². The van der Waals surface area contributed by atoms with Crippen molar-refractivity contribution in [2.45, 2.75) is 74.0 Å². The summed E-state index contributed by atoms with van der Waals surface area (Å²) < 4.78 is 9.50. The van der Waals surface area contributed by atoms with Gasteiger partial charge in [-0.2, -0.15) is 0 Å². The summed E-state index contributed by atoms with van der Waals surface area (Å²) in [5, 5.41) is 11.7. The van der Waals surface area contributed by atoms with Gasteiger partial charge >= 0.3 is 12.1 Å². The Labute approximate surface area is 147 Å². The first kappa shape index (κ1) is 27.1. The van der Waals surface area contributed by atoms with Crippen molar-refractivity contribution < 1.29 is 24.2 Å². The highest BCUT2D eigenvalue weighted by molar-refractivity contribution is 5.88. The topological polar surface area (TPSA) is 84.9 Å². The summed E-state index contributed by atoms with van der Waals surface area (Å²) in [5.41, 5.74) is -0.606. The standard InChI is InChI=1S/C12H19NO5.C4H10.C2H6/c1-5-17-10(15)7-6-9(14)8-13-11(16)18-12(2,3)4;1-4(2)3;1-2/h9,14H,5,8H2,1-4H3,(H,13,16);4H,1-3H3;1-2H3. The molecule has 142 valence electrons. The summed E-state index contributed by atoms with van der Waals surface area (Å²) in [6.07, 6.45) is -1.80. The van der Waals surface area contributed by atoms with Crippen molar-refractivity contribution in [2.75, 3.05) is 13.2 Å². The van der Waals surface area contributed by atoms with E-state index >= 15 is 0 Å². The van der Waals surface area contributed by atoms with E-state index < -0.39 is 23.8 Å². The zero-order valence-corrected chi connectivity index (χ0v) is 16.6. The molecule has 0 aliphatic rings. The highest BCUT2D eigenvalue weighted by Crippen LogP contribution is 2.06. The molecule has 0 radical (unpaired) electrons. The van der Waals surface area contributed by atoms with Gasteiger partial charge in [-0.05, 0) is 33.6 Å². The molecule has 0 saturated carbocycles. The van der Waals surface area contributed by atoms with Crippen LogP contribution in [0.5, 0.6) is 0 Å². The van der Waals surface area contributed by atoms with Gasteiger partial charge in [-0.3, -0.25) is 0 Å². The minimum atomic E-state index is -1.15. The average molecular weight is 345 g/mol. The van der Waals surface area contributed by atoms with Gasteiger partial charge in [0, 0.05) is 5.92 Å². The molecule has 1 atom stereocenters. The summed E-state index contributed by atoms with van der Waals surface area (Å²) >= 11 is 0. The molecule has 6 heteroatoms. The summed E-state index contributed by atoms with van der Waals surface area (Å²) in [6.45, 7) is 17.4. The first-order chi connectivity index (χ1) is 11.0. The molecule has 0 aromatic carbocycles. The Balaban J connectivity index is -0.000000636. The first-order valence-electron chi connectivity index (χ1n) is 8.31. The van der Waals surface area contributed by atoms with E-state index in [1.807, 2.05) is 13.8 Å². The molecule has 0 saturated heterocycles. The SMILES string of the molecule is CC.CC(C)C.CCOC(=O)C#CC(O)CNC(=O)OC(C)(C)C. The van der Waals surface area contributed by atoms with Crippen molar-refractivity contribution in [3.63, 3.8) is 0 Å². The summed E-state index contributed by atoms with van der Waals surface area (Å²) in [6, 6.07) is 0. The minimum absolute atomic E-state index is 0.124.